The molecule has 0 saturated carbocycles. The molecule has 2 aliphatic heterocycles. The summed E-state index contributed by atoms with van der Waals surface area (Å²) in [5.41, 5.74) is 7.60. The van der Waals surface area contributed by atoms with Crippen LogP contribution in [0.3, 0.4) is 0 Å². The Kier molecular flexibility index (Phi) is 10.4. The summed E-state index contributed by atoms with van der Waals surface area (Å²) in [6.07, 6.45) is 5.04. The maximum Gasteiger partial charge on any atom is 0.271 e. The highest BCUT2D eigenvalue weighted by molar-refractivity contribution is 5.93. The number of benzene rings is 4. The lowest BCUT2D eigenvalue weighted by atomic mass is 9.97. The van der Waals surface area contributed by atoms with E-state index in [1.807, 2.05) is 72.8 Å². The number of hydrogen-bond acceptors (Lipinski definition) is 10. The van der Waals surface area contributed by atoms with E-state index >= 15 is 0 Å². The van der Waals surface area contributed by atoms with E-state index in [4.69, 9.17) is 9.47 Å². The summed E-state index contributed by atoms with van der Waals surface area (Å²) in [6.45, 7) is 4.62. The van der Waals surface area contributed by atoms with Crippen LogP contribution in [0.1, 0.15) is 51.6 Å². The van der Waals surface area contributed by atoms with Gasteiger partial charge in [0.15, 0.2) is 6.29 Å². The Morgan fingerprint density at radius 1 is 0.774 bits per heavy atom. The molecule has 53 heavy (non-hydrogen) atoms. The maximum absolute atomic E-state index is 13.1. The first kappa shape index (κ1) is 34.5. The van der Waals surface area contributed by atoms with Crippen molar-refractivity contribution in [3.8, 4) is 11.1 Å². The number of aliphatic hydroxyl groups is 1. The van der Waals surface area contributed by atoms with Crippen molar-refractivity contribution in [2.45, 2.75) is 38.1 Å². The van der Waals surface area contributed by atoms with Gasteiger partial charge in [0, 0.05) is 63.6 Å². The maximum atomic E-state index is 13.1. The molecule has 0 aliphatic carbocycles. The predicted octanol–water partition coefficient (Wildman–Crippen LogP) is 5.88. The zero-order valence-electron chi connectivity index (χ0n) is 29.3. The quantitative estimate of drug-likeness (QED) is 0.178. The fourth-order valence-electron chi connectivity index (χ4n) is 7.01. The van der Waals surface area contributed by atoms with Gasteiger partial charge in [-0.15, -0.1) is 0 Å². The number of hydrogen-bond donors (Lipinski definition) is 2. The Morgan fingerprint density at radius 3 is 2.26 bits per heavy atom. The molecule has 8 rings (SSSR count). The number of nitrogens with one attached hydrogen (secondary N) is 1. The molecular formula is C42H41N7O4. The van der Waals surface area contributed by atoms with Gasteiger partial charge in [0.05, 0.1) is 36.0 Å². The predicted molar refractivity (Wildman–Crippen MR) is 202 cm³/mol. The Hall–Kier alpha value is -5.59. The first-order chi connectivity index (χ1) is 26.1. The van der Waals surface area contributed by atoms with Crippen LogP contribution in [0.5, 0.6) is 0 Å². The molecule has 0 spiro atoms. The molecule has 2 aliphatic rings. The molecule has 0 bridgehead atoms. The van der Waals surface area contributed by atoms with Gasteiger partial charge < -0.3 is 24.8 Å². The highest BCUT2D eigenvalue weighted by Gasteiger charge is 2.34. The van der Waals surface area contributed by atoms with E-state index in [0.29, 0.717) is 12.1 Å². The van der Waals surface area contributed by atoms with Crippen LogP contribution < -0.4 is 10.2 Å². The summed E-state index contributed by atoms with van der Waals surface area (Å²) in [5.74, 6) is 0.495. The first-order valence-electron chi connectivity index (χ1n) is 18.0. The molecule has 2 aromatic heterocycles. The van der Waals surface area contributed by atoms with Crippen molar-refractivity contribution in [1.82, 2.24) is 30.2 Å². The highest BCUT2D eigenvalue weighted by Crippen LogP contribution is 2.39. The van der Waals surface area contributed by atoms with Gasteiger partial charge in [0.25, 0.3) is 5.91 Å². The van der Waals surface area contributed by atoms with Crippen LogP contribution in [0, 0.1) is 0 Å². The lowest BCUT2D eigenvalue weighted by Crippen LogP contribution is -2.50. The van der Waals surface area contributed by atoms with E-state index in [1.165, 1.54) is 6.20 Å². The van der Waals surface area contributed by atoms with E-state index in [0.717, 1.165) is 84.0 Å². The minimum absolute atomic E-state index is 0.00114. The molecule has 2 N–H and O–H groups in total. The van der Waals surface area contributed by atoms with Crippen molar-refractivity contribution >= 4 is 22.9 Å². The van der Waals surface area contributed by atoms with Gasteiger partial charge in [-0.25, -0.2) is 15.0 Å². The Bertz CT molecular complexity index is 2140. The second kappa shape index (κ2) is 16.0. The molecule has 2 saturated heterocycles. The summed E-state index contributed by atoms with van der Waals surface area (Å²) in [7, 11) is 0. The van der Waals surface area contributed by atoms with Crippen molar-refractivity contribution in [1.29, 1.82) is 0 Å². The topological polar surface area (TPSA) is 126 Å². The number of nitrogens with zero attached hydrogens (tertiary/aromatic N) is 6. The third-order valence-electron chi connectivity index (χ3n) is 9.92. The average molecular weight is 708 g/mol. The Labute approximate surface area is 308 Å². The number of aromatic nitrogens is 4. The zero-order chi connectivity index (χ0) is 36.0. The summed E-state index contributed by atoms with van der Waals surface area (Å²) in [4.78, 5) is 35.5. The molecule has 1 amide bonds. The lowest BCUT2D eigenvalue weighted by Gasteiger charge is -2.40. The monoisotopic (exact) mass is 707 g/mol. The summed E-state index contributed by atoms with van der Waals surface area (Å²) in [5, 5.41) is 12.6. The van der Waals surface area contributed by atoms with Gasteiger partial charge in [-0.05, 0) is 46.0 Å². The molecule has 11 nitrogen and oxygen atoms in total. The zero-order valence-corrected chi connectivity index (χ0v) is 29.3. The number of piperazine rings is 1. The van der Waals surface area contributed by atoms with Crippen molar-refractivity contribution < 1.29 is 19.4 Å². The molecule has 268 valence electrons. The fourth-order valence-corrected chi connectivity index (χ4v) is 7.01. The number of para-hydroxylation sites is 2. The molecule has 6 aromatic rings. The minimum Gasteiger partial charge on any atom is -0.392 e. The van der Waals surface area contributed by atoms with Crippen LogP contribution in [-0.2, 0) is 22.6 Å². The third-order valence-corrected chi connectivity index (χ3v) is 9.92. The van der Waals surface area contributed by atoms with E-state index in [-0.39, 0.29) is 30.4 Å². The number of carbonyl (C=O) groups excluding carboxylic acids is 1. The minimum atomic E-state index is -0.554. The Morgan fingerprint density at radius 2 is 1.49 bits per heavy atom. The first-order valence-corrected chi connectivity index (χ1v) is 18.0. The van der Waals surface area contributed by atoms with Gasteiger partial charge in [-0.3, -0.25) is 14.7 Å². The standard InChI is InChI=1S/C42H41N7O4/c50-28-29-10-12-31(13-11-29)39-24-34(27-48-20-22-49(23-21-48)42-43-18-5-19-44-42)52-41(53-39)32-16-14-30(15-17-32)35-7-2-1-6-33(35)25-46-40(51)38-26-45-36-8-3-4-9-37(36)47-38/h1-19,26,34,39,41,50H,20-25,27-28H2,(H,46,51)/t34-,39+,41+/m0/s1. The van der Waals surface area contributed by atoms with E-state index < -0.39 is 6.29 Å². The van der Waals surface area contributed by atoms with Crippen molar-refractivity contribution in [2.75, 3.05) is 37.6 Å². The van der Waals surface area contributed by atoms with Gasteiger partial charge in [-0.1, -0.05) is 84.9 Å². The average Bonchev–Trinajstić information content (AvgIpc) is 3.23. The third kappa shape index (κ3) is 8.08. The highest BCUT2D eigenvalue weighted by atomic mass is 16.7. The van der Waals surface area contributed by atoms with Crippen LogP contribution in [-0.4, -0.2) is 74.7 Å². The van der Waals surface area contributed by atoms with Crippen molar-refractivity contribution in [3.05, 3.63) is 150 Å². The molecule has 0 radical (unpaired) electrons. The molecule has 4 heterocycles. The molecule has 2 fully saturated rings. The molecule has 3 atom stereocenters. The van der Waals surface area contributed by atoms with E-state index in [9.17, 15) is 9.90 Å². The fraction of sp³-hybridized carbons (Fsp3) is 0.262. The van der Waals surface area contributed by atoms with Crippen LogP contribution in [0.2, 0.25) is 0 Å². The number of anilines is 1. The summed E-state index contributed by atoms with van der Waals surface area (Å²) in [6, 6.07) is 33.7. The smallest absolute Gasteiger partial charge is 0.271 e. The largest absolute Gasteiger partial charge is 0.392 e. The number of fused-ring (bicyclic) bond motifs is 1. The van der Waals surface area contributed by atoms with Crippen LogP contribution >= 0.6 is 0 Å². The number of amides is 1. The molecule has 11 heteroatoms. The molecule has 4 aromatic carbocycles. The second-order valence-electron chi connectivity index (χ2n) is 13.4. The van der Waals surface area contributed by atoms with Crippen molar-refractivity contribution in [3.63, 3.8) is 0 Å². The number of rotatable bonds is 10. The van der Waals surface area contributed by atoms with Gasteiger partial charge >= 0.3 is 0 Å². The van der Waals surface area contributed by atoms with Crippen molar-refractivity contribution in [2.24, 2.45) is 0 Å². The Balaban J connectivity index is 0.960. The molecule has 0 unspecified atom stereocenters. The normalized spacial score (nSPS) is 19.3. The lowest BCUT2D eigenvalue weighted by molar-refractivity contribution is -0.253. The summed E-state index contributed by atoms with van der Waals surface area (Å²) >= 11 is 0. The number of carbonyl (C=O) groups is 1. The van der Waals surface area contributed by atoms with Gasteiger partial charge in [-0.2, -0.15) is 0 Å². The number of aliphatic hydroxyl groups excluding tert-OH is 1. The van der Waals surface area contributed by atoms with Crippen LogP contribution in [0.25, 0.3) is 22.2 Å². The van der Waals surface area contributed by atoms with Gasteiger partial charge in [0.2, 0.25) is 5.95 Å². The molecular weight excluding hydrogens is 667 g/mol. The van der Waals surface area contributed by atoms with Crippen LogP contribution in [0.4, 0.5) is 5.95 Å². The van der Waals surface area contributed by atoms with Crippen LogP contribution in [0.15, 0.2) is 122 Å². The van der Waals surface area contributed by atoms with E-state index in [1.54, 1.807) is 12.4 Å². The van der Waals surface area contributed by atoms with E-state index in [2.05, 4.69) is 65.4 Å². The van der Waals surface area contributed by atoms with Gasteiger partial charge in [0.1, 0.15) is 5.69 Å². The SMILES string of the molecule is O=C(NCc1ccccc1-c1ccc([C@@H]2O[C@H](CN3CCN(c4ncccn4)CC3)C[C@H](c3ccc(CO)cc3)O2)cc1)c1cnc2ccccc2n1. The second-order valence-corrected chi connectivity index (χ2v) is 13.4. The summed E-state index contributed by atoms with van der Waals surface area (Å²) < 4.78 is 13.3. The number of ether oxygens (including phenoxy) is 2.